The van der Waals surface area contributed by atoms with Crippen molar-refractivity contribution in [2.75, 3.05) is 46.2 Å². The zero-order chi connectivity index (χ0) is 19.1. The van der Waals surface area contributed by atoms with E-state index in [9.17, 15) is 9.59 Å². The summed E-state index contributed by atoms with van der Waals surface area (Å²) in [5.41, 5.74) is 1.37. The van der Waals surface area contributed by atoms with Crippen molar-refractivity contribution < 1.29 is 14.3 Å². The maximum Gasteiger partial charge on any atom is 0.254 e. The van der Waals surface area contributed by atoms with Gasteiger partial charge in [-0.3, -0.25) is 9.59 Å². The lowest BCUT2D eigenvalue weighted by molar-refractivity contribution is -0.116. The summed E-state index contributed by atoms with van der Waals surface area (Å²) >= 11 is 1.36. The van der Waals surface area contributed by atoms with Crippen molar-refractivity contribution in [3.8, 4) is 5.75 Å². The molecule has 2 aromatic rings. The third kappa shape index (κ3) is 5.82. The van der Waals surface area contributed by atoms with Crippen molar-refractivity contribution in [1.29, 1.82) is 0 Å². The highest BCUT2D eigenvalue weighted by Gasteiger charge is 2.19. The molecule has 0 unspecified atom stereocenters. The van der Waals surface area contributed by atoms with Crippen LogP contribution < -0.4 is 10.1 Å². The van der Waals surface area contributed by atoms with Gasteiger partial charge >= 0.3 is 0 Å². The van der Waals surface area contributed by atoms with Gasteiger partial charge in [0.15, 0.2) is 5.13 Å². The highest BCUT2D eigenvalue weighted by Crippen LogP contribution is 2.15. The van der Waals surface area contributed by atoms with E-state index < -0.39 is 0 Å². The number of anilines is 1. The molecule has 0 fully saturated rings. The molecule has 140 valence electrons. The zero-order valence-electron chi connectivity index (χ0n) is 15.5. The van der Waals surface area contributed by atoms with Crippen molar-refractivity contribution in [2.24, 2.45) is 0 Å². The van der Waals surface area contributed by atoms with Crippen LogP contribution in [0.1, 0.15) is 16.1 Å². The molecule has 2 rings (SSSR count). The molecule has 0 aliphatic carbocycles. The van der Waals surface area contributed by atoms with Crippen LogP contribution in [0, 0.1) is 6.92 Å². The number of nitrogens with one attached hydrogen (secondary N) is 1. The van der Waals surface area contributed by atoms with E-state index in [2.05, 4.69) is 10.3 Å². The summed E-state index contributed by atoms with van der Waals surface area (Å²) < 4.78 is 5.12. The van der Waals surface area contributed by atoms with Gasteiger partial charge in [0.2, 0.25) is 5.91 Å². The first-order chi connectivity index (χ1) is 12.4. The second kappa shape index (κ2) is 9.30. The standard InChI is InChI=1S/C18H24N4O3S/c1-13-12-26-18(19-13)20-16(23)11-22(10-9-21(2)3)17(24)14-5-7-15(25-4)8-6-14/h5-8,12H,9-11H2,1-4H3,(H,19,20,23). The quantitative estimate of drug-likeness (QED) is 0.764. The SMILES string of the molecule is COc1ccc(C(=O)N(CCN(C)C)CC(=O)Nc2nc(C)cs2)cc1. The number of benzene rings is 1. The summed E-state index contributed by atoms with van der Waals surface area (Å²) in [5, 5.41) is 5.15. The number of thiazole rings is 1. The van der Waals surface area contributed by atoms with Crippen molar-refractivity contribution in [3.63, 3.8) is 0 Å². The first-order valence-electron chi connectivity index (χ1n) is 8.19. The van der Waals surface area contributed by atoms with E-state index in [1.165, 1.54) is 16.2 Å². The predicted octanol–water partition coefficient (Wildman–Crippen LogP) is 2.10. The van der Waals surface area contributed by atoms with Gasteiger partial charge in [0.25, 0.3) is 5.91 Å². The molecule has 0 bridgehead atoms. The number of rotatable bonds is 8. The molecule has 0 atom stereocenters. The van der Waals surface area contributed by atoms with Crippen LogP contribution in [-0.4, -0.2) is 67.4 Å². The third-order valence-corrected chi connectivity index (χ3v) is 4.52. The number of aryl methyl sites for hydroxylation is 1. The Kier molecular flexibility index (Phi) is 7.11. The van der Waals surface area contributed by atoms with Gasteiger partial charge in [-0.2, -0.15) is 0 Å². The molecular weight excluding hydrogens is 352 g/mol. The number of carbonyl (C=O) groups is 2. The van der Waals surface area contributed by atoms with Crippen molar-refractivity contribution in [3.05, 3.63) is 40.9 Å². The molecule has 0 aliphatic rings. The monoisotopic (exact) mass is 376 g/mol. The molecule has 0 aliphatic heterocycles. The molecule has 0 saturated heterocycles. The highest BCUT2D eigenvalue weighted by atomic mass is 32.1. The average Bonchev–Trinajstić information content (AvgIpc) is 3.02. The van der Waals surface area contributed by atoms with Crippen LogP contribution >= 0.6 is 11.3 Å². The van der Waals surface area contributed by atoms with E-state index in [1.54, 1.807) is 31.4 Å². The summed E-state index contributed by atoms with van der Waals surface area (Å²) in [5.74, 6) is 0.221. The lowest BCUT2D eigenvalue weighted by Crippen LogP contribution is -2.41. The number of aromatic nitrogens is 1. The maximum atomic E-state index is 12.8. The van der Waals surface area contributed by atoms with Gasteiger partial charge in [0, 0.05) is 24.0 Å². The minimum absolute atomic E-state index is 0.0304. The molecule has 7 nitrogen and oxygen atoms in total. The number of amides is 2. The summed E-state index contributed by atoms with van der Waals surface area (Å²) in [7, 11) is 5.42. The van der Waals surface area contributed by atoms with E-state index in [0.29, 0.717) is 29.5 Å². The van der Waals surface area contributed by atoms with E-state index in [0.717, 1.165) is 5.69 Å². The Labute approximate surface area is 157 Å². The van der Waals surface area contributed by atoms with E-state index in [-0.39, 0.29) is 18.4 Å². The van der Waals surface area contributed by atoms with Crippen molar-refractivity contribution in [2.45, 2.75) is 6.92 Å². The lowest BCUT2D eigenvalue weighted by atomic mass is 10.2. The summed E-state index contributed by atoms with van der Waals surface area (Å²) in [4.78, 5) is 32.9. The Morgan fingerprint density at radius 1 is 1.19 bits per heavy atom. The van der Waals surface area contributed by atoms with Gasteiger partial charge < -0.3 is 19.9 Å². The maximum absolute atomic E-state index is 12.8. The van der Waals surface area contributed by atoms with Gasteiger partial charge in [-0.25, -0.2) is 4.98 Å². The van der Waals surface area contributed by atoms with Gasteiger partial charge in [-0.05, 0) is 45.3 Å². The zero-order valence-corrected chi connectivity index (χ0v) is 16.3. The normalized spacial score (nSPS) is 10.7. The number of nitrogens with zero attached hydrogens (tertiary/aromatic N) is 3. The van der Waals surface area contributed by atoms with Crippen molar-refractivity contribution >= 4 is 28.3 Å². The number of ether oxygens (including phenoxy) is 1. The summed E-state index contributed by atoms with van der Waals surface area (Å²) in [6.45, 7) is 2.94. The van der Waals surface area contributed by atoms with Crippen LogP contribution in [0.4, 0.5) is 5.13 Å². The second-order valence-corrected chi connectivity index (χ2v) is 6.96. The van der Waals surface area contributed by atoms with Gasteiger partial charge in [-0.1, -0.05) is 0 Å². The van der Waals surface area contributed by atoms with Crippen LogP contribution in [0.2, 0.25) is 0 Å². The molecule has 2 amide bonds. The number of carbonyl (C=O) groups excluding carboxylic acids is 2. The molecule has 0 saturated carbocycles. The molecular formula is C18H24N4O3S. The van der Waals surface area contributed by atoms with Crippen LogP contribution in [0.5, 0.6) is 5.75 Å². The molecule has 26 heavy (non-hydrogen) atoms. The predicted molar refractivity (Wildman–Crippen MR) is 103 cm³/mol. The first-order valence-corrected chi connectivity index (χ1v) is 9.07. The lowest BCUT2D eigenvalue weighted by Gasteiger charge is -2.24. The number of likely N-dealkylation sites (N-methyl/N-ethyl adjacent to an activating group) is 1. The minimum atomic E-state index is -0.264. The Bertz CT molecular complexity index is 743. The van der Waals surface area contributed by atoms with Crippen LogP contribution in [-0.2, 0) is 4.79 Å². The molecule has 0 spiro atoms. The summed E-state index contributed by atoms with van der Waals surface area (Å²) in [6.07, 6.45) is 0. The smallest absolute Gasteiger partial charge is 0.254 e. The van der Waals surface area contributed by atoms with E-state index in [1.807, 2.05) is 31.3 Å². The first kappa shape index (κ1) is 19.9. The Morgan fingerprint density at radius 2 is 1.88 bits per heavy atom. The topological polar surface area (TPSA) is 74.8 Å². The Balaban J connectivity index is 2.07. The van der Waals surface area contributed by atoms with Crippen LogP contribution in [0.3, 0.4) is 0 Å². The van der Waals surface area contributed by atoms with Gasteiger partial charge in [0.1, 0.15) is 12.3 Å². The average molecular weight is 376 g/mol. The second-order valence-electron chi connectivity index (χ2n) is 6.10. The molecule has 1 aromatic heterocycles. The van der Waals surface area contributed by atoms with Crippen LogP contribution in [0.15, 0.2) is 29.6 Å². The van der Waals surface area contributed by atoms with E-state index >= 15 is 0 Å². The molecule has 1 N–H and O–H groups in total. The minimum Gasteiger partial charge on any atom is -0.497 e. The Hall–Kier alpha value is -2.45. The number of hydrogen-bond donors (Lipinski definition) is 1. The molecule has 0 radical (unpaired) electrons. The number of methoxy groups -OCH3 is 1. The number of hydrogen-bond acceptors (Lipinski definition) is 6. The third-order valence-electron chi connectivity index (χ3n) is 3.64. The molecule has 8 heteroatoms. The van der Waals surface area contributed by atoms with Crippen LogP contribution in [0.25, 0.3) is 0 Å². The summed E-state index contributed by atoms with van der Waals surface area (Å²) in [6, 6.07) is 6.86. The highest BCUT2D eigenvalue weighted by molar-refractivity contribution is 7.13. The Morgan fingerprint density at radius 3 is 2.42 bits per heavy atom. The molecule has 1 heterocycles. The largest absolute Gasteiger partial charge is 0.497 e. The van der Waals surface area contributed by atoms with Crippen molar-refractivity contribution in [1.82, 2.24) is 14.8 Å². The van der Waals surface area contributed by atoms with Gasteiger partial charge in [0.05, 0.1) is 12.8 Å². The fourth-order valence-electron chi connectivity index (χ4n) is 2.23. The van der Waals surface area contributed by atoms with E-state index in [4.69, 9.17) is 4.74 Å². The fourth-order valence-corrected chi connectivity index (χ4v) is 2.94. The van der Waals surface area contributed by atoms with Gasteiger partial charge in [-0.15, -0.1) is 11.3 Å². The fraction of sp³-hybridized carbons (Fsp3) is 0.389. The molecule has 1 aromatic carbocycles.